The molecule has 0 atom stereocenters. The van der Waals surface area contributed by atoms with Crippen LogP contribution < -0.4 is 5.32 Å². The van der Waals surface area contributed by atoms with Crippen LogP contribution in [0.1, 0.15) is 39.4 Å². The number of aromatic amines is 1. The summed E-state index contributed by atoms with van der Waals surface area (Å²) < 4.78 is 0. The van der Waals surface area contributed by atoms with E-state index in [-0.39, 0.29) is 5.91 Å². The fourth-order valence-electron chi connectivity index (χ4n) is 3.35. The van der Waals surface area contributed by atoms with Gasteiger partial charge in [-0.15, -0.1) is 0 Å². The molecule has 2 N–H and O–H groups in total. The molecule has 2 heterocycles. The molecule has 126 valence electrons. The van der Waals surface area contributed by atoms with Gasteiger partial charge < -0.3 is 15.2 Å². The Hall–Kier alpha value is -2.40. The van der Waals surface area contributed by atoms with Crippen molar-refractivity contribution >= 4 is 12.2 Å². The summed E-state index contributed by atoms with van der Waals surface area (Å²) in [6.07, 6.45) is 3.26. The van der Waals surface area contributed by atoms with Crippen molar-refractivity contribution in [1.29, 1.82) is 0 Å². The summed E-state index contributed by atoms with van der Waals surface area (Å²) in [4.78, 5) is 29.5. The van der Waals surface area contributed by atoms with Gasteiger partial charge in [-0.25, -0.2) is 0 Å². The molecule has 2 aromatic rings. The van der Waals surface area contributed by atoms with Crippen molar-refractivity contribution in [2.24, 2.45) is 0 Å². The summed E-state index contributed by atoms with van der Waals surface area (Å²) in [7, 11) is 0. The molecule has 3 rings (SSSR count). The summed E-state index contributed by atoms with van der Waals surface area (Å²) in [6, 6.07) is 9.55. The Kier molecular flexibility index (Phi) is 5.11. The Labute approximate surface area is 142 Å². The third-order valence-electron chi connectivity index (χ3n) is 4.54. The Morgan fingerprint density at radius 1 is 1.25 bits per heavy atom. The highest BCUT2D eigenvalue weighted by Gasteiger charge is 2.22. The number of rotatable bonds is 6. The first-order valence-corrected chi connectivity index (χ1v) is 8.44. The van der Waals surface area contributed by atoms with Gasteiger partial charge in [-0.2, -0.15) is 0 Å². The van der Waals surface area contributed by atoms with Crippen LogP contribution in [0.2, 0.25) is 0 Å². The van der Waals surface area contributed by atoms with Crippen molar-refractivity contribution in [2.75, 3.05) is 26.2 Å². The zero-order valence-corrected chi connectivity index (χ0v) is 14.0. The summed E-state index contributed by atoms with van der Waals surface area (Å²) in [5.74, 6) is -0.130. The molecule has 0 saturated carbocycles. The van der Waals surface area contributed by atoms with Gasteiger partial charge in [0.15, 0.2) is 6.29 Å². The van der Waals surface area contributed by atoms with Crippen LogP contribution in [0, 0.1) is 6.92 Å². The average Bonchev–Trinajstić information content (AvgIpc) is 3.22. The molecule has 1 amide bonds. The van der Waals surface area contributed by atoms with Crippen LogP contribution in [0.4, 0.5) is 0 Å². The number of carbonyl (C=O) groups is 2. The summed E-state index contributed by atoms with van der Waals surface area (Å²) >= 11 is 0. The highest BCUT2D eigenvalue weighted by Crippen LogP contribution is 2.29. The molecule has 1 aliphatic heterocycles. The largest absolute Gasteiger partial charge is 0.355 e. The van der Waals surface area contributed by atoms with Crippen molar-refractivity contribution in [1.82, 2.24) is 15.2 Å². The predicted octanol–water partition coefficient (Wildman–Crippen LogP) is 2.63. The van der Waals surface area contributed by atoms with Crippen LogP contribution in [0.3, 0.4) is 0 Å². The fourth-order valence-corrected chi connectivity index (χ4v) is 3.35. The van der Waals surface area contributed by atoms with Crippen LogP contribution in [-0.4, -0.2) is 48.3 Å². The maximum Gasteiger partial charge on any atom is 0.253 e. The molecule has 0 bridgehead atoms. The zero-order valence-electron chi connectivity index (χ0n) is 14.0. The molecular weight excluding hydrogens is 302 g/mol. The van der Waals surface area contributed by atoms with E-state index in [0.717, 1.165) is 37.2 Å². The molecule has 24 heavy (non-hydrogen) atoms. The first-order chi connectivity index (χ1) is 11.7. The lowest BCUT2D eigenvalue weighted by molar-refractivity contribution is 0.0950. The number of aldehydes is 1. The molecule has 1 fully saturated rings. The van der Waals surface area contributed by atoms with E-state index in [1.807, 2.05) is 37.3 Å². The van der Waals surface area contributed by atoms with E-state index in [4.69, 9.17) is 0 Å². The monoisotopic (exact) mass is 325 g/mol. The topological polar surface area (TPSA) is 65.2 Å². The van der Waals surface area contributed by atoms with E-state index in [0.29, 0.717) is 23.4 Å². The van der Waals surface area contributed by atoms with Crippen molar-refractivity contribution < 1.29 is 9.59 Å². The van der Waals surface area contributed by atoms with Gasteiger partial charge in [0, 0.05) is 24.3 Å². The number of hydrogen-bond acceptors (Lipinski definition) is 3. The van der Waals surface area contributed by atoms with Gasteiger partial charge in [0.25, 0.3) is 5.91 Å². The van der Waals surface area contributed by atoms with E-state index < -0.39 is 0 Å². The molecule has 0 aliphatic carbocycles. The molecule has 1 saturated heterocycles. The van der Waals surface area contributed by atoms with Crippen molar-refractivity contribution in [2.45, 2.75) is 19.8 Å². The van der Waals surface area contributed by atoms with Crippen molar-refractivity contribution in [3.63, 3.8) is 0 Å². The lowest BCUT2D eigenvalue weighted by Crippen LogP contribution is -2.33. The molecule has 1 aliphatic rings. The van der Waals surface area contributed by atoms with E-state index in [1.165, 1.54) is 12.8 Å². The second kappa shape index (κ2) is 7.45. The van der Waals surface area contributed by atoms with Crippen molar-refractivity contribution in [3.05, 3.63) is 47.3 Å². The summed E-state index contributed by atoms with van der Waals surface area (Å²) in [5.41, 5.74) is 3.28. The number of likely N-dealkylation sites (tertiary alicyclic amines) is 1. The smallest absolute Gasteiger partial charge is 0.253 e. The molecule has 0 radical (unpaired) electrons. The lowest BCUT2D eigenvalue weighted by atomic mass is 10.00. The number of H-pyrrole nitrogens is 1. The molecule has 0 spiro atoms. The molecule has 1 aromatic heterocycles. The SMILES string of the molecule is Cc1[nH]c(C=O)c(-c2ccccc2)c1C(=O)NCCN1CCCC1. The van der Waals surface area contributed by atoms with Gasteiger partial charge in [-0.3, -0.25) is 9.59 Å². The van der Waals surface area contributed by atoms with Gasteiger partial charge in [-0.1, -0.05) is 30.3 Å². The Morgan fingerprint density at radius 3 is 2.62 bits per heavy atom. The number of hydrogen-bond donors (Lipinski definition) is 2. The quantitative estimate of drug-likeness (QED) is 0.803. The predicted molar refractivity (Wildman–Crippen MR) is 94.4 cm³/mol. The van der Waals surface area contributed by atoms with Crippen LogP contribution in [0.25, 0.3) is 11.1 Å². The Morgan fingerprint density at radius 2 is 1.96 bits per heavy atom. The first kappa shape index (κ1) is 16.5. The molecular formula is C19H23N3O2. The molecule has 5 heteroatoms. The maximum absolute atomic E-state index is 12.7. The van der Waals surface area contributed by atoms with Crippen LogP contribution in [0.5, 0.6) is 0 Å². The minimum Gasteiger partial charge on any atom is -0.355 e. The van der Waals surface area contributed by atoms with E-state index >= 15 is 0 Å². The van der Waals surface area contributed by atoms with E-state index in [1.54, 1.807) is 0 Å². The second-order valence-corrected chi connectivity index (χ2v) is 6.20. The minimum absolute atomic E-state index is 0.130. The van der Waals surface area contributed by atoms with Gasteiger partial charge in [0.2, 0.25) is 0 Å². The highest BCUT2D eigenvalue weighted by molar-refractivity contribution is 6.06. The number of nitrogens with zero attached hydrogens (tertiary/aromatic N) is 1. The normalized spacial score (nSPS) is 14.7. The third kappa shape index (κ3) is 3.41. The Bertz CT molecular complexity index is 716. The first-order valence-electron chi connectivity index (χ1n) is 8.44. The molecule has 0 unspecified atom stereocenters. The zero-order chi connectivity index (χ0) is 16.9. The second-order valence-electron chi connectivity index (χ2n) is 6.20. The maximum atomic E-state index is 12.7. The summed E-state index contributed by atoms with van der Waals surface area (Å²) in [5, 5.41) is 3.00. The fraction of sp³-hybridized carbons (Fsp3) is 0.368. The van der Waals surface area contributed by atoms with Gasteiger partial charge in [0.05, 0.1) is 11.3 Å². The van der Waals surface area contributed by atoms with Crippen molar-refractivity contribution in [3.8, 4) is 11.1 Å². The number of nitrogens with one attached hydrogen (secondary N) is 2. The summed E-state index contributed by atoms with van der Waals surface area (Å²) in [6.45, 7) is 5.55. The number of amides is 1. The van der Waals surface area contributed by atoms with E-state index in [9.17, 15) is 9.59 Å². The van der Waals surface area contributed by atoms with Crippen LogP contribution in [-0.2, 0) is 0 Å². The van der Waals surface area contributed by atoms with Gasteiger partial charge in [0.1, 0.15) is 0 Å². The highest BCUT2D eigenvalue weighted by atomic mass is 16.1. The standard InChI is InChI=1S/C19H23N3O2/c1-14-17(19(24)20-9-12-22-10-5-6-11-22)18(16(13-23)21-14)15-7-3-2-4-8-15/h2-4,7-8,13,21H,5-6,9-12H2,1H3,(H,20,24). The average molecular weight is 325 g/mol. The lowest BCUT2D eigenvalue weighted by Gasteiger charge is -2.15. The number of aryl methyl sites for hydroxylation is 1. The number of aromatic nitrogens is 1. The van der Waals surface area contributed by atoms with Crippen LogP contribution in [0.15, 0.2) is 30.3 Å². The van der Waals surface area contributed by atoms with Gasteiger partial charge >= 0.3 is 0 Å². The molecule has 5 nitrogen and oxygen atoms in total. The van der Waals surface area contributed by atoms with Crippen LogP contribution >= 0.6 is 0 Å². The number of benzene rings is 1. The van der Waals surface area contributed by atoms with Gasteiger partial charge in [-0.05, 0) is 38.4 Å². The number of carbonyl (C=O) groups excluding carboxylic acids is 2. The third-order valence-corrected chi connectivity index (χ3v) is 4.54. The van der Waals surface area contributed by atoms with E-state index in [2.05, 4.69) is 15.2 Å². The minimum atomic E-state index is -0.130. The Balaban J connectivity index is 1.80. The molecule has 1 aromatic carbocycles.